The van der Waals surface area contributed by atoms with Crippen molar-refractivity contribution in [1.82, 2.24) is 10.7 Å². The summed E-state index contributed by atoms with van der Waals surface area (Å²) in [6.07, 6.45) is 0. The Bertz CT molecular complexity index is 122. The van der Waals surface area contributed by atoms with Gasteiger partial charge in [0, 0.05) is 6.54 Å². The van der Waals surface area contributed by atoms with Gasteiger partial charge in [0.2, 0.25) is 0 Å². The molecule has 0 fully saturated rings. The highest BCUT2D eigenvalue weighted by Gasteiger charge is 2.00. The maximum absolute atomic E-state index is 11.3. The first-order valence-electron chi connectivity index (χ1n) is 2.81. The van der Waals surface area contributed by atoms with Crippen molar-refractivity contribution < 1.29 is 18.3 Å². The molecule has 0 heterocycles. The van der Waals surface area contributed by atoms with Crippen LogP contribution in [0.25, 0.3) is 0 Å². The maximum atomic E-state index is 11.3. The summed E-state index contributed by atoms with van der Waals surface area (Å²) in [6, 6.07) is -0.636. The molecule has 7 heteroatoms. The summed E-state index contributed by atoms with van der Waals surface area (Å²) >= 11 is 0. The second kappa shape index (κ2) is 5.81. The van der Waals surface area contributed by atoms with Crippen molar-refractivity contribution in [1.29, 1.82) is 0 Å². The number of nitrogens with one attached hydrogen (secondary N) is 2. The minimum absolute atomic E-state index is 0.00657. The second-order valence-electron chi connectivity index (χ2n) is 1.53. The van der Waals surface area contributed by atoms with Crippen molar-refractivity contribution in [2.45, 2.75) is 6.61 Å². The zero-order valence-corrected chi connectivity index (χ0v) is 5.64. The molecule has 0 bridgehead atoms. The van der Waals surface area contributed by atoms with Crippen LogP contribution in [-0.4, -0.2) is 25.8 Å². The van der Waals surface area contributed by atoms with E-state index in [1.54, 1.807) is 5.43 Å². The molecule has 0 saturated carbocycles. The monoisotopic (exact) mass is 169 g/mol. The lowest BCUT2D eigenvalue weighted by Gasteiger charge is -2.03. The van der Waals surface area contributed by atoms with Gasteiger partial charge in [-0.15, -0.1) is 0 Å². The predicted molar refractivity (Wildman–Crippen MR) is 32.7 cm³/mol. The van der Waals surface area contributed by atoms with Crippen molar-refractivity contribution in [2.75, 3.05) is 13.2 Å². The van der Waals surface area contributed by atoms with E-state index in [9.17, 15) is 13.6 Å². The van der Waals surface area contributed by atoms with Gasteiger partial charge in [-0.05, 0) is 0 Å². The summed E-state index contributed by atoms with van der Waals surface area (Å²) in [6.45, 7) is -3.06. The predicted octanol–water partition coefficient (Wildman–Crippen LogP) is -0.602. The standard InChI is InChI=1S/C4H9F2N3O2/c5-3(6)11-2-1-8-4(10)9-7/h3H,1-2,7H2,(H2,8,9,10). The summed E-state index contributed by atoms with van der Waals surface area (Å²) in [5.41, 5.74) is 1.76. The van der Waals surface area contributed by atoms with Crippen molar-refractivity contribution >= 4 is 6.03 Å². The van der Waals surface area contributed by atoms with Crippen molar-refractivity contribution in [3.63, 3.8) is 0 Å². The minimum Gasteiger partial charge on any atom is -0.335 e. The summed E-state index contributed by atoms with van der Waals surface area (Å²) < 4.78 is 26.4. The average molecular weight is 169 g/mol. The summed E-state index contributed by atoms with van der Waals surface area (Å²) in [5, 5.41) is 2.15. The average Bonchev–Trinajstić information content (AvgIpc) is 1.97. The molecule has 0 aromatic rings. The molecule has 2 amide bonds. The molecule has 0 aromatic heterocycles. The number of halogens is 2. The van der Waals surface area contributed by atoms with Crippen molar-refractivity contribution in [3.05, 3.63) is 0 Å². The number of urea groups is 1. The van der Waals surface area contributed by atoms with E-state index in [1.165, 1.54) is 0 Å². The van der Waals surface area contributed by atoms with Crippen LogP contribution >= 0.6 is 0 Å². The molecule has 4 N–H and O–H groups in total. The van der Waals surface area contributed by atoms with Crippen LogP contribution in [0.1, 0.15) is 0 Å². The highest BCUT2D eigenvalue weighted by atomic mass is 19.3. The highest BCUT2D eigenvalue weighted by Crippen LogP contribution is 1.91. The molecule has 0 aliphatic carbocycles. The molecule has 11 heavy (non-hydrogen) atoms. The lowest BCUT2D eigenvalue weighted by Crippen LogP contribution is -2.41. The molecule has 0 atom stereocenters. The van der Waals surface area contributed by atoms with Crippen LogP contribution in [0.15, 0.2) is 0 Å². The van der Waals surface area contributed by atoms with Gasteiger partial charge in [-0.1, -0.05) is 0 Å². The van der Waals surface area contributed by atoms with E-state index in [4.69, 9.17) is 0 Å². The summed E-state index contributed by atoms with van der Waals surface area (Å²) in [5.74, 6) is 4.66. The number of ether oxygens (including phenoxy) is 1. The topological polar surface area (TPSA) is 76.4 Å². The molecular weight excluding hydrogens is 160 g/mol. The van der Waals surface area contributed by atoms with E-state index in [1.807, 2.05) is 0 Å². The van der Waals surface area contributed by atoms with Crippen LogP contribution in [0.3, 0.4) is 0 Å². The van der Waals surface area contributed by atoms with Gasteiger partial charge < -0.3 is 10.1 Å². The Morgan fingerprint density at radius 2 is 2.27 bits per heavy atom. The molecule has 0 aliphatic rings. The molecule has 5 nitrogen and oxygen atoms in total. The number of hydrogen-bond donors (Lipinski definition) is 3. The largest absolute Gasteiger partial charge is 0.345 e. The van der Waals surface area contributed by atoms with Crippen molar-refractivity contribution in [3.8, 4) is 0 Å². The molecule has 0 unspecified atom stereocenters. The van der Waals surface area contributed by atoms with E-state index >= 15 is 0 Å². The van der Waals surface area contributed by atoms with Crippen molar-refractivity contribution in [2.24, 2.45) is 5.84 Å². The zero-order valence-electron chi connectivity index (χ0n) is 5.64. The Labute approximate surface area is 61.8 Å². The van der Waals surface area contributed by atoms with Gasteiger partial charge in [-0.3, -0.25) is 5.43 Å². The van der Waals surface area contributed by atoms with Gasteiger partial charge in [0.15, 0.2) is 0 Å². The number of amides is 2. The number of carbonyl (C=O) groups excluding carboxylic acids is 1. The Balaban J connectivity index is 3.08. The third kappa shape index (κ3) is 6.94. The van der Waals surface area contributed by atoms with Crippen LogP contribution < -0.4 is 16.6 Å². The Morgan fingerprint density at radius 1 is 1.64 bits per heavy atom. The maximum Gasteiger partial charge on any atom is 0.345 e. The van der Waals surface area contributed by atoms with E-state index < -0.39 is 12.6 Å². The summed E-state index contributed by atoms with van der Waals surface area (Å²) in [4.78, 5) is 10.3. The zero-order chi connectivity index (χ0) is 8.69. The van der Waals surface area contributed by atoms with E-state index in [-0.39, 0.29) is 13.2 Å². The van der Waals surface area contributed by atoms with E-state index in [0.717, 1.165) is 0 Å². The smallest absolute Gasteiger partial charge is 0.335 e. The fraction of sp³-hybridized carbons (Fsp3) is 0.750. The Hall–Kier alpha value is -0.950. The number of hydrogen-bond acceptors (Lipinski definition) is 3. The third-order valence-corrected chi connectivity index (χ3v) is 0.763. The van der Waals surface area contributed by atoms with Gasteiger partial charge in [-0.2, -0.15) is 8.78 Å². The fourth-order valence-electron chi connectivity index (χ4n) is 0.364. The van der Waals surface area contributed by atoms with Crippen LogP contribution in [-0.2, 0) is 4.74 Å². The fourth-order valence-corrected chi connectivity index (χ4v) is 0.364. The third-order valence-electron chi connectivity index (χ3n) is 0.763. The SMILES string of the molecule is NNC(=O)NCCOC(F)F. The first kappa shape index (κ1) is 10.0. The van der Waals surface area contributed by atoms with Crippen LogP contribution in [0.4, 0.5) is 13.6 Å². The molecule has 0 saturated heterocycles. The number of rotatable bonds is 4. The normalized spacial score (nSPS) is 9.82. The summed E-state index contributed by atoms with van der Waals surface area (Å²) in [7, 11) is 0. The van der Waals surface area contributed by atoms with E-state index in [2.05, 4.69) is 15.9 Å². The van der Waals surface area contributed by atoms with Crippen LogP contribution in [0.5, 0.6) is 0 Å². The molecule has 0 aromatic carbocycles. The number of carbonyl (C=O) groups is 1. The Morgan fingerprint density at radius 3 is 2.73 bits per heavy atom. The molecule has 66 valence electrons. The van der Waals surface area contributed by atoms with Crippen LogP contribution in [0, 0.1) is 0 Å². The number of nitrogens with two attached hydrogens (primary N) is 1. The van der Waals surface area contributed by atoms with E-state index in [0.29, 0.717) is 0 Å². The van der Waals surface area contributed by atoms with Gasteiger partial charge in [0.25, 0.3) is 0 Å². The molecule has 0 aliphatic heterocycles. The van der Waals surface area contributed by atoms with Gasteiger partial charge in [0.1, 0.15) is 0 Å². The molecule has 0 rings (SSSR count). The first-order valence-corrected chi connectivity index (χ1v) is 2.81. The van der Waals surface area contributed by atoms with Gasteiger partial charge in [0.05, 0.1) is 6.61 Å². The quantitative estimate of drug-likeness (QED) is 0.227. The lowest BCUT2D eigenvalue weighted by atomic mass is 10.7. The number of hydrazine groups is 1. The second-order valence-corrected chi connectivity index (χ2v) is 1.53. The van der Waals surface area contributed by atoms with Gasteiger partial charge in [-0.25, -0.2) is 10.6 Å². The van der Waals surface area contributed by atoms with Gasteiger partial charge >= 0.3 is 12.6 Å². The van der Waals surface area contributed by atoms with Crippen LogP contribution in [0.2, 0.25) is 0 Å². The number of alkyl halides is 2. The lowest BCUT2D eigenvalue weighted by molar-refractivity contribution is -0.126. The highest BCUT2D eigenvalue weighted by molar-refractivity contribution is 5.72. The molecule has 0 radical (unpaired) electrons. The molecular formula is C4H9F2N3O2. The Kier molecular flexibility index (Phi) is 5.30. The minimum atomic E-state index is -2.81. The molecule has 0 spiro atoms. The first-order chi connectivity index (χ1) is 5.16.